The molecule has 0 aromatic heterocycles. The van der Waals surface area contributed by atoms with E-state index in [-0.39, 0.29) is 5.06 Å². The number of nitrogens with one attached hydrogen (secondary N) is 1. The van der Waals surface area contributed by atoms with Crippen molar-refractivity contribution in [3.63, 3.8) is 0 Å². The molecule has 0 bridgehead atoms. The molecule has 3 nitrogen and oxygen atoms in total. The van der Waals surface area contributed by atoms with Crippen LogP contribution >= 0.6 is 0 Å². The molecule has 0 fully saturated rings. The summed E-state index contributed by atoms with van der Waals surface area (Å²) in [6.07, 6.45) is 3.06. The lowest BCUT2D eigenvalue weighted by molar-refractivity contribution is -0.776. The summed E-state index contributed by atoms with van der Waals surface area (Å²) >= 11 is 0. The molecule has 0 aliphatic heterocycles. The highest BCUT2D eigenvalue weighted by atomic mass is 16.5. The van der Waals surface area contributed by atoms with Gasteiger partial charge in [0.2, 0.25) is 0 Å². The number of rotatable bonds is 6. The van der Waals surface area contributed by atoms with E-state index in [0.717, 1.165) is 24.8 Å². The van der Waals surface area contributed by atoms with Crippen molar-refractivity contribution in [3.8, 4) is 0 Å². The second-order valence-electron chi connectivity index (χ2n) is 3.20. The molecule has 1 atom stereocenters. The van der Waals surface area contributed by atoms with E-state index >= 15 is 0 Å². The second-order valence-corrected chi connectivity index (χ2v) is 3.20. The number of hydrogen-bond acceptors (Lipinski definition) is 2. The molecule has 1 unspecified atom stereocenters. The Morgan fingerprint density at radius 2 is 1.93 bits per heavy atom. The van der Waals surface area contributed by atoms with Crippen molar-refractivity contribution in [2.24, 2.45) is 0 Å². The van der Waals surface area contributed by atoms with Gasteiger partial charge in [0.25, 0.3) is 0 Å². The van der Waals surface area contributed by atoms with E-state index in [0.29, 0.717) is 13.0 Å². The first-order valence-corrected chi connectivity index (χ1v) is 4.86. The molecule has 1 aromatic rings. The van der Waals surface area contributed by atoms with Gasteiger partial charge in [0.15, 0.2) is 0 Å². The maximum absolute atomic E-state index is 11.5. The third-order valence-corrected chi connectivity index (χ3v) is 2.07. The Morgan fingerprint density at radius 1 is 1.21 bits per heavy atom. The number of hydrogen-bond donors (Lipinski definition) is 1. The summed E-state index contributed by atoms with van der Waals surface area (Å²) < 4.78 is 0. The van der Waals surface area contributed by atoms with E-state index in [1.54, 1.807) is 0 Å². The van der Waals surface area contributed by atoms with Gasteiger partial charge in [-0.25, -0.2) is 0 Å². The molecule has 1 N–H and O–H groups in total. The quantitative estimate of drug-likeness (QED) is 0.417. The molecule has 0 saturated carbocycles. The topological polar surface area (TPSA) is 44.6 Å². The minimum Gasteiger partial charge on any atom is -0.629 e. The summed E-state index contributed by atoms with van der Waals surface area (Å²) in [5, 5.41) is 11.7. The van der Waals surface area contributed by atoms with Crippen LogP contribution in [0, 0.1) is 5.21 Å². The van der Waals surface area contributed by atoms with Gasteiger partial charge in [-0.2, -0.15) is 0 Å². The van der Waals surface area contributed by atoms with Crippen LogP contribution in [-0.2, 0) is 4.79 Å². The zero-order chi connectivity index (χ0) is 10.2. The molecule has 3 heteroatoms. The van der Waals surface area contributed by atoms with Gasteiger partial charge >= 0.3 is 0 Å². The predicted octanol–water partition coefficient (Wildman–Crippen LogP) is 1.07. The standard InChI is InChI=1S/C11H15NO2/c13-10-6-2-5-9-12(14)11-7-3-1-4-8-11/h1,3-4,7-8,10,12H,2,5-6,9H2. The lowest BCUT2D eigenvalue weighted by atomic mass is 10.2. The Kier molecular flexibility index (Phi) is 4.89. The van der Waals surface area contributed by atoms with Crippen LogP contribution in [-0.4, -0.2) is 12.8 Å². The molecule has 1 aromatic carbocycles. The first kappa shape index (κ1) is 10.9. The largest absolute Gasteiger partial charge is 0.629 e. The molecule has 0 aliphatic carbocycles. The minimum absolute atomic E-state index is 0.163. The molecule has 0 radical (unpaired) electrons. The number of para-hydroxylation sites is 1. The van der Waals surface area contributed by atoms with Crippen molar-refractivity contribution in [2.75, 3.05) is 6.54 Å². The van der Waals surface area contributed by atoms with Crippen LogP contribution in [0.2, 0.25) is 0 Å². The molecule has 1 rings (SSSR count). The van der Waals surface area contributed by atoms with Gasteiger partial charge in [-0.3, -0.25) is 0 Å². The zero-order valence-corrected chi connectivity index (χ0v) is 8.11. The van der Waals surface area contributed by atoms with Crippen LogP contribution in [0.5, 0.6) is 0 Å². The number of benzene rings is 1. The zero-order valence-electron chi connectivity index (χ0n) is 8.11. The molecule has 14 heavy (non-hydrogen) atoms. The number of quaternary nitrogens is 1. The SMILES string of the molecule is O=CCCCC[NH+]([O-])c1ccccc1. The van der Waals surface area contributed by atoms with Crippen LogP contribution in [0.4, 0.5) is 5.69 Å². The Balaban J connectivity index is 2.28. The molecule has 0 aliphatic rings. The average molecular weight is 193 g/mol. The maximum atomic E-state index is 11.5. The highest BCUT2D eigenvalue weighted by Gasteiger charge is 2.00. The van der Waals surface area contributed by atoms with E-state index in [1.165, 1.54) is 0 Å². The van der Waals surface area contributed by atoms with Crippen LogP contribution in [0.25, 0.3) is 0 Å². The smallest absolute Gasteiger partial charge is 0.131 e. The second kappa shape index (κ2) is 6.29. The maximum Gasteiger partial charge on any atom is 0.131 e. The summed E-state index contributed by atoms with van der Waals surface area (Å²) in [6.45, 7) is 0.540. The fourth-order valence-corrected chi connectivity index (χ4v) is 1.28. The minimum atomic E-state index is 0.163. The first-order valence-electron chi connectivity index (χ1n) is 4.86. The summed E-state index contributed by atoms with van der Waals surface area (Å²) in [5.74, 6) is 0. The first-order chi connectivity index (χ1) is 6.84. The van der Waals surface area contributed by atoms with E-state index in [9.17, 15) is 10.0 Å². The van der Waals surface area contributed by atoms with Crippen LogP contribution in [0.3, 0.4) is 0 Å². The summed E-state index contributed by atoms with van der Waals surface area (Å²) in [5.41, 5.74) is 0.763. The highest BCUT2D eigenvalue weighted by molar-refractivity contribution is 5.48. The number of hydroxylamine groups is 1. The third kappa shape index (κ3) is 3.68. The van der Waals surface area contributed by atoms with Gasteiger partial charge < -0.3 is 15.1 Å². The van der Waals surface area contributed by atoms with Crippen LogP contribution in [0.1, 0.15) is 19.3 Å². The summed E-state index contributed by atoms with van der Waals surface area (Å²) in [7, 11) is 0. The van der Waals surface area contributed by atoms with Crippen molar-refractivity contribution in [3.05, 3.63) is 35.5 Å². The van der Waals surface area contributed by atoms with Crippen LogP contribution < -0.4 is 5.06 Å². The monoisotopic (exact) mass is 193 g/mol. The Bertz CT molecular complexity index is 261. The molecule has 0 spiro atoms. The van der Waals surface area contributed by atoms with Gasteiger partial charge in [0.1, 0.15) is 12.0 Å². The van der Waals surface area contributed by atoms with Crippen LogP contribution in [0.15, 0.2) is 30.3 Å². The molecule has 76 valence electrons. The molecule has 0 saturated heterocycles. The summed E-state index contributed by atoms with van der Waals surface area (Å²) in [4.78, 5) is 10.0. The molecule has 0 amide bonds. The van der Waals surface area contributed by atoms with Gasteiger partial charge in [-0.15, -0.1) is 0 Å². The van der Waals surface area contributed by atoms with E-state index in [4.69, 9.17) is 0 Å². The predicted molar refractivity (Wildman–Crippen MR) is 55.2 cm³/mol. The fourth-order valence-electron chi connectivity index (χ4n) is 1.28. The Hall–Kier alpha value is -1.19. The van der Waals surface area contributed by atoms with Crippen molar-refractivity contribution >= 4 is 12.0 Å². The van der Waals surface area contributed by atoms with Gasteiger partial charge in [-0.1, -0.05) is 18.2 Å². The Morgan fingerprint density at radius 3 is 2.57 bits per heavy atom. The van der Waals surface area contributed by atoms with Crippen molar-refractivity contribution in [1.29, 1.82) is 0 Å². The van der Waals surface area contributed by atoms with Gasteiger partial charge in [0.05, 0.1) is 6.54 Å². The number of carbonyl (C=O) groups is 1. The Labute approximate surface area is 83.9 Å². The number of unbranched alkanes of at least 4 members (excludes halogenated alkanes) is 2. The van der Waals surface area contributed by atoms with E-state index in [1.807, 2.05) is 30.3 Å². The fraction of sp³-hybridized carbons (Fsp3) is 0.364. The third-order valence-electron chi connectivity index (χ3n) is 2.07. The molecule has 0 heterocycles. The lowest BCUT2D eigenvalue weighted by Gasteiger charge is -2.21. The summed E-state index contributed by atoms with van der Waals surface area (Å²) in [6, 6.07) is 9.25. The van der Waals surface area contributed by atoms with E-state index < -0.39 is 0 Å². The van der Waals surface area contributed by atoms with Gasteiger partial charge in [-0.05, 0) is 25.0 Å². The normalized spacial score (nSPS) is 12.4. The molecular formula is C11H15NO2. The van der Waals surface area contributed by atoms with Crippen molar-refractivity contribution < 1.29 is 9.86 Å². The van der Waals surface area contributed by atoms with Crippen molar-refractivity contribution in [1.82, 2.24) is 0 Å². The van der Waals surface area contributed by atoms with Gasteiger partial charge in [0, 0.05) is 6.42 Å². The number of aldehydes is 1. The number of carbonyl (C=O) groups excluding carboxylic acids is 1. The van der Waals surface area contributed by atoms with Crippen molar-refractivity contribution in [2.45, 2.75) is 19.3 Å². The lowest BCUT2D eigenvalue weighted by Crippen LogP contribution is -3.02. The highest BCUT2D eigenvalue weighted by Crippen LogP contribution is 1.98. The van der Waals surface area contributed by atoms with E-state index in [2.05, 4.69) is 0 Å². The molecular weight excluding hydrogens is 178 g/mol. The average Bonchev–Trinajstić information content (AvgIpc) is 2.25.